The minimum absolute atomic E-state index is 0.157. The third kappa shape index (κ3) is 4.39. The lowest BCUT2D eigenvalue weighted by Gasteiger charge is -2.23. The van der Waals surface area contributed by atoms with Crippen LogP contribution < -0.4 is 4.90 Å². The predicted molar refractivity (Wildman–Crippen MR) is 97.0 cm³/mol. The molecule has 0 radical (unpaired) electrons. The first kappa shape index (κ1) is 18.5. The third-order valence-corrected chi connectivity index (χ3v) is 5.82. The number of aryl methyl sites for hydroxylation is 1. The molecule has 2 aromatic rings. The number of rotatable bonds is 6. The summed E-state index contributed by atoms with van der Waals surface area (Å²) in [4.78, 5) is 22.9. The van der Waals surface area contributed by atoms with Crippen LogP contribution in [0.1, 0.15) is 19.5 Å². The molecule has 0 fully saturated rings. The zero-order valence-electron chi connectivity index (χ0n) is 14.2. The fraction of sp³-hybridized carbons (Fsp3) is 0.438. The van der Waals surface area contributed by atoms with Crippen LogP contribution >= 0.6 is 11.3 Å². The summed E-state index contributed by atoms with van der Waals surface area (Å²) in [5.74, 6) is -0.953. The maximum Gasteiger partial charge on any atom is 0.231 e. The molecular formula is C16H21N3O3S2. The molecule has 24 heavy (non-hydrogen) atoms. The zero-order valence-corrected chi connectivity index (χ0v) is 15.8. The first-order valence-corrected chi connectivity index (χ1v) is 10.5. The number of anilines is 1. The quantitative estimate of drug-likeness (QED) is 0.784. The fourth-order valence-corrected chi connectivity index (χ4v) is 4.62. The van der Waals surface area contributed by atoms with Crippen LogP contribution in [0.25, 0.3) is 10.6 Å². The number of carbonyl (C=O) groups excluding carboxylic acids is 1. The van der Waals surface area contributed by atoms with Gasteiger partial charge in [-0.25, -0.2) is 13.4 Å². The molecule has 0 aliphatic carbocycles. The van der Waals surface area contributed by atoms with Crippen LogP contribution in [0.3, 0.4) is 0 Å². The molecule has 0 N–H and O–H groups in total. The van der Waals surface area contributed by atoms with E-state index in [0.717, 1.165) is 27.5 Å². The largest absolute Gasteiger partial charge is 0.302 e. The number of carbonyl (C=O) groups is 1. The SMILES string of the molecule is CCN(C(=O)C(C)CS(C)(=O)=O)c1sc(-c2cccnc2)nc1C. The Morgan fingerprint density at radius 3 is 2.67 bits per heavy atom. The van der Waals surface area contributed by atoms with Crippen LogP contribution in [-0.2, 0) is 14.6 Å². The summed E-state index contributed by atoms with van der Waals surface area (Å²) in [5.41, 5.74) is 1.64. The number of hydrogen-bond donors (Lipinski definition) is 0. The van der Waals surface area contributed by atoms with Crippen molar-refractivity contribution in [1.82, 2.24) is 9.97 Å². The summed E-state index contributed by atoms with van der Waals surface area (Å²) in [6.07, 6.45) is 4.57. The second-order valence-electron chi connectivity index (χ2n) is 5.73. The van der Waals surface area contributed by atoms with Crippen LogP contribution in [0, 0.1) is 12.8 Å². The highest BCUT2D eigenvalue weighted by Crippen LogP contribution is 2.34. The second-order valence-corrected chi connectivity index (χ2v) is 8.89. The van der Waals surface area contributed by atoms with Crippen LogP contribution in [0.4, 0.5) is 5.00 Å². The maximum atomic E-state index is 12.7. The first-order chi connectivity index (χ1) is 11.2. The Bertz CT molecular complexity index is 816. The molecule has 8 heteroatoms. The number of amides is 1. The highest BCUT2D eigenvalue weighted by Gasteiger charge is 2.26. The Kier molecular flexibility index (Phi) is 5.71. The molecule has 2 heterocycles. The molecular weight excluding hydrogens is 346 g/mol. The van der Waals surface area contributed by atoms with E-state index in [0.29, 0.717) is 6.54 Å². The van der Waals surface area contributed by atoms with Gasteiger partial charge in [-0.1, -0.05) is 18.3 Å². The topological polar surface area (TPSA) is 80.2 Å². The molecule has 0 aliphatic heterocycles. The van der Waals surface area contributed by atoms with Crippen LogP contribution in [0.2, 0.25) is 0 Å². The standard InChI is InChI=1S/C16H21N3O3S2/c1-5-19(15(20)11(2)10-24(4,21)22)16-12(3)18-14(23-16)13-7-6-8-17-9-13/h6-9,11H,5,10H2,1-4H3. The van der Waals surface area contributed by atoms with E-state index in [1.165, 1.54) is 11.3 Å². The molecule has 6 nitrogen and oxygen atoms in total. The molecule has 0 bridgehead atoms. The molecule has 1 unspecified atom stereocenters. The average molecular weight is 367 g/mol. The number of thiazole rings is 1. The van der Waals surface area contributed by atoms with Gasteiger partial charge < -0.3 is 4.90 Å². The van der Waals surface area contributed by atoms with Crippen molar-refractivity contribution in [2.24, 2.45) is 5.92 Å². The lowest BCUT2D eigenvalue weighted by molar-refractivity contribution is -0.121. The third-order valence-electron chi connectivity index (χ3n) is 3.48. The number of nitrogens with zero attached hydrogens (tertiary/aromatic N) is 3. The van der Waals surface area contributed by atoms with E-state index in [2.05, 4.69) is 9.97 Å². The van der Waals surface area contributed by atoms with Crippen molar-refractivity contribution in [3.05, 3.63) is 30.2 Å². The lowest BCUT2D eigenvalue weighted by atomic mass is 10.2. The molecule has 1 amide bonds. The number of sulfone groups is 1. The van der Waals surface area contributed by atoms with Gasteiger partial charge in [-0.3, -0.25) is 9.78 Å². The van der Waals surface area contributed by atoms with Gasteiger partial charge in [0.25, 0.3) is 0 Å². The van der Waals surface area contributed by atoms with Crippen molar-refractivity contribution < 1.29 is 13.2 Å². The average Bonchev–Trinajstić information content (AvgIpc) is 2.89. The van der Waals surface area contributed by atoms with Gasteiger partial charge in [-0.15, -0.1) is 0 Å². The Morgan fingerprint density at radius 2 is 2.12 bits per heavy atom. The van der Waals surface area contributed by atoms with Crippen LogP contribution in [0.15, 0.2) is 24.5 Å². The minimum Gasteiger partial charge on any atom is -0.302 e. The molecule has 0 spiro atoms. The van der Waals surface area contributed by atoms with E-state index in [1.807, 2.05) is 26.0 Å². The zero-order chi connectivity index (χ0) is 17.9. The minimum atomic E-state index is -3.21. The van der Waals surface area contributed by atoms with Crippen molar-refractivity contribution in [1.29, 1.82) is 0 Å². The highest BCUT2D eigenvalue weighted by atomic mass is 32.2. The van der Waals surface area contributed by atoms with Crippen molar-refractivity contribution in [3.8, 4) is 10.6 Å². The molecule has 2 aromatic heterocycles. The Labute approximate surface area is 146 Å². The first-order valence-electron chi connectivity index (χ1n) is 7.60. The summed E-state index contributed by atoms with van der Waals surface area (Å²) in [6, 6.07) is 3.75. The van der Waals surface area contributed by atoms with Gasteiger partial charge in [0.1, 0.15) is 19.8 Å². The molecule has 1 atom stereocenters. The van der Waals surface area contributed by atoms with Crippen molar-refractivity contribution in [2.75, 3.05) is 23.5 Å². The van der Waals surface area contributed by atoms with E-state index in [4.69, 9.17) is 0 Å². The monoisotopic (exact) mass is 367 g/mol. The summed E-state index contributed by atoms with van der Waals surface area (Å²) in [6.45, 7) is 5.82. The maximum absolute atomic E-state index is 12.7. The Hall–Kier alpha value is -1.80. The summed E-state index contributed by atoms with van der Waals surface area (Å²) in [7, 11) is -3.21. The van der Waals surface area contributed by atoms with Crippen LogP contribution in [-0.4, -0.2) is 42.8 Å². The summed E-state index contributed by atoms with van der Waals surface area (Å²) < 4.78 is 22.9. The van der Waals surface area contributed by atoms with E-state index in [-0.39, 0.29) is 11.7 Å². The second kappa shape index (κ2) is 7.40. The van der Waals surface area contributed by atoms with Gasteiger partial charge in [0.05, 0.1) is 11.4 Å². The number of aromatic nitrogens is 2. The van der Waals surface area contributed by atoms with E-state index in [9.17, 15) is 13.2 Å². The Morgan fingerprint density at radius 1 is 1.42 bits per heavy atom. The molecule has 2 rings (SSSR count). The van der Waals surface area contributed by atoms with E-state index < -0.39 is 15.8 Å². The number of pyridine rings is 1. The van der Waals surface area contributed by atoms with Crippen LogP contribution in [0.5, 0.6) is 0 Å². The van der Waals surface area contributed by atoms with E-state index in [1.54, 1.807) is 24.2 Å². The van der Waals surface area contributed by atoms with Gasteiger partial charge in [0.15, 0.2) is 0 Å². The van der Waals surface area contributed by atoms with Crippen molar-refractivity contribution in [3.63, 3.8) is 0 Å². The van der Waals surface area contributed by atoms with Crippen molar-refractivity contribution >= 4 is 32.1 Å². The van der Waals surface area contributed by atoms with Gasteiger partial charge in [-0.2, -0.15) is 0 Å². The predicted octanol–water partition coefficient (Wildman–Crippen LogP) is 2.55. The van der Waals surface area contributed by atoms with Gasteiger partial charge >= 0.3 is 0 Å². The summed E-state index contributed by atoms with van der Waals surface area (Å²) >= 11 is 1.41. The molecule has 0 saturated carbocycles. The molecule has 0 saturated heterocycles. The Balaban J connectivity index is 2.31. The molecule has 0 aliphatic rings. The van der Waals surface area contributed by atoms with Gasteiger partial charge in [-0.05, 0) is 26.0 Å². The van der Waals surface area contributed by atoms with E-state index >= 15 is 0 Å². The number of hydrogen-bond acceptors (Lipinski definition) is 6. The highest BCUT2D eigenvalue weighted by molar-refractivity contribution is 7.90. The fourth-order valence-electron chi connectivity index (χ4n) is 2.44. The van der Waals surface area contributed by atoms with Gasteiger partial charge in [0, 0.05) is 36.7 Å². The van der Waals surface area contributed by atoms with Crippen molar-refractivity contribution in [2.45, 2.75) is 20.8 Å². The normalized spacial score (nSPS) is 12.8. The molecule has 130 valence electrons. The molecule has 0 aromatic carbocycles. The smallest absolute Gasteiger partial charge is 0.231 e. The van der Waals surface area contributed by atoms with Gasteiger partial charge in [0.2, 0.25) is 5.91 Å². The summed E-state index contributed by atoms with van der Waals surface area (Å²) in [5, 5.41) is 1.54. The lowest BCUT2D eigenvalue weighted by Crippen LogP contribution is -2.37.